The first-order valence-corrected chi connectivity index (χ1v) is 8.05. The second kappa shape index (κ2) is 5.55. The van der Waals surface area contributed by atoms with Gasteiger partial charge in [0.15, 0.2) is 0 Å². The van der Waals surface area contributed by atoms with E-state index in [-0.39, 0.29) is 0 Å². The van der Waals surface area contributed by atoms with Gasteiger partial charge in [0, 0.05) is 0 Å². The van der Waals surface area contributed by atoms with Crippen LogP contribution in [0.2, 0.25) is 0 Å². The summed E-state index contributed by atoms with van der Waals surface area (Å²) in [5.74, 6) is 3.78. The first kappa shape index (κ1) is 16.1. The fourth-order valence-electron chi connectivity index (χ4n) is 3.43. The lowest BCUT2D eigenvalue weighted by Crippen LogP contribution is -2.32. The molecular weight excluding hydrogens is 216 g/mol. The molecule has 3 atom stereocenters. The largest absolute Gasteiger partial charge is 0.0628 e. The highest BCUT2D eigenvalue weighted by atomic mass is 14.6. The van der Waals surface area contributed by atoms with Gasteiger partial charge >= 0.3 is 0 Å². The third kappa shape index (κ3) is 4.00. The van der Waals surface area contributed by atoms with Gasteiger partial charge in [-0.25, -0.2) is 0 Å². The van der Waals surface area contributed by atoms with Crippen LogP contribution in [-0.4, -0.2) is 0 Å². The highest BCUT2D eigenvalue weighted by Crippen LogP contribution is 2.59. The number of rotatable bonds is 6. The van der Waals surface area contributed by atoms with Crippen LogP contribution in [0.25, 0.3) is 0 Å². The van der Waals surface area contributed by atoms with E-state index in [4.69, 9.17) is 0 Å². The van der Waals surface area contributed by atoms with E-state index < -0.39 is 0 Å². The molecule has 1 rings (SSSR count). The number of hydrogen-bond acceptors (Lipinski definition) is 0. The molecule has 1 aliphatic carbocycles. The highest BCUT2D eigenvalue weighted by Gasteiger charge is 2.51. The van der Waals surface area contributed by atoms with E-state index in [1.807, 2.05) is 0 Å². The Morgan fingerprint density at radius 1 is 1.00 bits per heavy atom. The maximum Gasteiger partial charge on any atom is -0.0275 e. The molecule has 0 aromatic heterocycles. The SMILES string of the molecule is CC(C)CC(C)CCC1CC1C(C)(C)C(C)(C)C. The monoisotopic (exact) mass is 252 g/mol. The third-order valence-electron chi connectivity index (χ3n) is 5.69. The smallest absolute Gasteiger partial charge is 0.0275 e. The lowest BCUT2D eigenvalue weighted by molar-refractivity contribution is 0.0945. The van der Waals surface area contributed by atoms with Crippen LogP contribution >= 0.6 is 0 Å². The van der Waals surface area contributed by atoms with Crippen LogP contribution in [0.3, 0.4) is 0 Å². The van der Waals surface area contributed by atoms with Crippen molar-refractivity contribution in [2.75, 3.05) is 0 Å². The van der Waals surface area contributed by atoms with E-state index in [1.54, 1.807) is 0 Å². The molecule has 0 saturated heterocycles. The van der Waals surface area contributed by atoms with Crippen molar-refractivity contribution < 1.29 is 0 Å². The van der Waals surface area contributed by atoms with Gasteiger partial charge in [0.2, 0.25) is 0 Å². The highest BCUT2D eigenvalue weighted by molar-refractivity contribution is 5.00. The van der Waals surface area contributed by atoms with E-state index >= 15 is 0 Å². The minimum atomic E-state index is 0.440. The molecule has 0 heterocycles. The average molecular weight is 252 g/mol. The summed E-state index contributed by atoms with van der Waals surface area (Å²) in [6.07, 6.45) is 5.80. The molecule has 18 heavy (non-hydrogen) atoms. The van der Waals surface area contributed by atoms with Crippen molar-refractivity contribution in [3.63, 3.8) is 0 Å². The van der Waals surface area contributed by atoms with Gasteiger partial charge in [-0.15, -0.1) is 0 Å². The summed E-state index contributed by atoms with van der Waals surface area (Å²) in [6.45, 7) is 19.3. The Morgan fingerprint density at radius 3 is 2.00 bits per heavy atom. The Morgan fingerprint density at radius 2 is 1.56 bits per heavy atom. The van der Waals surface area contributed by atoms with Crippen molar-refractivity contribution in [2.24, 2.45) is 34.5 Å². The summed E-state index contributed by atoms with van der Waals surface area (Å²) < 4.78 is 0. The van der Waals surface area contributed by atoms with E-state index in [0.29, 0.717) is 10.8 Å². The third-order valence-corrected chi connectivity index (χ3v) is 5.69. The van der Waals surface area contributed by atoms with Crippen LogP contribution in [0, 0.1) is 34.5 Å². The summed E-state index contributed by atoms with van der Waals surface area (Å²) in [7, 11) is 0. The van der Waals surface area contributed by atoms with Crippen LogP contribution < -0.4 is 0 Å². The van der Waals surface area contributed by atoms with Gasteiger partial charge in [-0.05, 0) is 53.8 Å². The molecule has 0 bridgehead atoms. The van der Waals surface area contributed by atoms with Crippen LogP contribution in [0.5, 0.6) is 0 Å². The first-order valence-electron chi connectivity index (χ1n) is 8.05. The molecule has 1 saturated carbocycles. The molecule has 0 aliphatic heterocycles. The zero-order valence-corrected chi connectivity index (χ0v) is 14.1. The van der Waals surface area contributed by atoms with E-state index in [1.165, 1.54) is 25.7 Å². The lowest BCUT2D eigenvalue weighted by Gasteiger charge is -2.40. The molecule has 108 valence electrons. The average Bonchev–Trinajstić information content (AvgIpc) is 2.91. The Balaban J connectivity index is 2.34. The molecule has 0 N–H and O–H groups in total. The summed E-state index contributed by atoms with van der Waals surface area (Å²) in [5.41, 5.74) is 0.939. The molecular formula is C18H36. The molecule has 0 nitrogen and oxygen atoms in total. The van der Waals surface area contributed by atoms with Gasteiger partial charge < -0.3 is 0 Å². The molecule has 0 aromatic carbocycles. The Bertz CT molecular complexity index is 254. The second-order valence-corrected chi connectivity index (χ2v) is 8.89. The fourth-order valence-corrected chi connectivity index (χ4v) is 3.43. The molecule has 0 amide bonds. The van der Waals surface area contributed by atoms with Crippen molar-refractivity contribution in [3.8, 4) is 0 Å². The van der Waals surface area contributed by atoms with Crippen molar-refractivity contribution in [1.29, 1.82) is 0 Å². The predicted molar refractivity (Wildman–Crippen MR) is 82.7 cm³/mol. The maximum atomic E-state index is 2.48. The van der Waals surface area contributed by atoms with Crippen molar-refractivity contribution in [1.82, 2.24) is 0 Å². The van der Waals surface area contributed by atoms with Crippen LogP contribution in [0.4, 0.5) is 0 Å². The van der Waals surface area contributed by atoms with Crippen LogP contribution in [-0.2, 0) is 0 Å². The van der Waals surface area contributed by atoms with Gasteiger partial charge in [0.1, 0.15) is 0 Å². The molecule has 0 aromatic rings. The fraction of sp³-hybridized carbons (Fsp3) is 1.00. The summed E-state index contributed by atoms with van der Waals surface area (Å²) in [4.78, 5) is 0. The molecule has 1 fully saturated rings. The van der Waals surface area contributed by atoms with Gasteiger partial charge in [0.05, 0.1) is 0 Å². The van der Waals surface area contributed by atoms with E-state index in [9.17, 15) is 0 Å². The van der Waals surface area contributed by atoms with Crippen molar-refractivity contribution >= 4 is 0 Å². The quantitative estimate of drug-likeness (QED) is 0.531. The lowest BCUT2D eigenvalue weighted by atomic mass is 9.65. The Hall–Kier alpha value is 0. The normalized spacial score (nSPS) is 26.5. The number of hydrogen-bond donors (Lipinski definition) is 0. The van der Waals surface area contributed by atoms with Crippen molar-refractivity contribution in [2.45, 2.75) is 81.1 Å². The molecule has 0 heteroatoms. The van der Waals surface area contributed by atoms with Crippen LogP contribution in [0.15, 0.2) is 0 Å². The first-order chi connectivity index (χ1) is 8.05. The second-order valence-electron chi connectivity index (χ2n) is 8.89. The zero-order valence-electron chi connectivity index (χ0n) is 14.1. The van der Waals surface area contributed by atoms with E-state index in [2.05, 4.69) is 55.4 Å². The maximum absolute atomic E-state index is 2.48. The minimum absolute atomic E-state index is 0.440. The Labute approximate surface area is 116 Å². The summed E-state index contributed by atoms with van der Waals surface area (Å²) in [6, 6.07) is 0. The van der Waals surface area contributed by atoms with Gasteiger partial charge in [-0.1, -0.05) is 61.8 Å². The van der Waals surface area contributed by atoms with Crippen LogP contribution in [0.1, 0.15) is 81.1 Å². The van der Waals surface area contributed by atoms with Gasteiger partial charge in [0.25, 0.3) is 0 Å². The topological polar surface area (TPSA) is 0 Å². The van der Waals surface area contributed by atoms with Gasteiger partial charge in [-0.3, -0.25) is 0 Å². The molecule has 3 unspecified atom stereocenters. The summed E-state index contributed by atoms with van der Waals surface area (Å²) >= 11 is 0. The molecule has 0 spiro atoms. The predicted octanol–water partition coefficient (Wildman–Crippen LogP) is 6.16. The van der Waals surface area contributed by atoms with E-state index in [0.717, 1.165) is 23.7 Å². The minimum Gasteiger partial charge on any atom is -0.0628 e. The standard InChI is InChI=1S/C18H36/c1-13(2)11-14(3)9-10-15-12-16(15)18(7,8)17(4,5)6/h13-16H,9-12H2,1-8H3. The van der Waals surface area contributed by atoms with Gasteiger partial charge in [-0.2, -0.15) is 0 Å². The zero-order chi connectivity index (χ0) is 14.1. The Kier molecular flexibility index (Phi) is 4.95. The van der Waals surface area contributed by atoms with Crippen molar-refractivity contribution in [3.05, 3.63) is 0 Å². The molecule has 1 aliphatic rings. The summed E-state index contributed by atoms with van der Waals surface area (Å²) in [5, 5.41) is 0. The molecule has 0 radical (unpaired) electrons.